The van der Waals surface area contributed by atoms with Crippen LogP contribution in [0.4, 0.5) is 22.7 Å². The zero-order chi connectivity index (χ0) is 18.4. The Kier molecular flexibility index (Phi) is 5.24. The molecular weight excluding hydrogens is 328 g/mol. The monoisotopic (exact) mass is 346 g/mol. The van der Waals surface area contributed by atoms with Crippen LogP contribution in [0.25, 0.3) is 0 Å². The summed E-state index contributed by atoms with van der Waals surface area (Å²) >= 11 is 0. The van der Waals surface area contributed by atoms with Crippen LogP contribution in [-0.4, -0.2) is 16.8 Å². The molecule has 0 atom stereocenters. The minimum absolute atomic E-state index is 0.127. The third-order valence-electron chi connectivity index (χ3n) is 3.50. The van der Waals surface area contributed by atoms with E-state index >= 15 is 0 Å². The summed E-state index contributed by atoms with van der Waals surface area (Å²) in [5.41, 5.74) is 3.29. The summed E-state index contributed by atoms with van der Waals surface area (Å²) in [6.45, 7) is 1.46. The van der Waals surface area contributed by atoms with Crippen LogP contribution in [0.2, 0.25) is 0 Å². The maximum absolute atomic E-state index is 12.2. The van der Waals surface area contributed by atoms with Crippen LogP contribution in [-0.2, 0) is 4.79 Å². The van der Waals surface area contributed by atoms with E-state index in [2.05, 4.69) is 20.9 Å². The molecule has 0 saturated carbocycles. The van der Waals surface area contributed by atoms with Crippen molar-refractivity contribution in [3.05, 3.63) is 78.6 Å². The van der Waals surface area contributed by atoms with Crippen LogP contribution in [0.3, 0.4) is 0 Å². The minimum atomic E-state index is -0.268. The largest absolute Gasteiger partial charge is 0.354 e. The number of hydrogen-bond acceptors (Lipinski definition) is 4. The predicted octanol–water partition coefficient (Wildman–Crippen LogP) is 4.04. The summed E-state index contributed by atoms with van der Waals surface area (Å²) in [7, 11) is 0. The first-order valence-electron chi connectivity index (χ1n) is 8.07. The Hall–Kier alpha value is -3.67. The van der Waals surface area contributed by atoms with Gasteiger partial charge < -0.3 is 16.0 Å². The number of aromatic nitrogens is 1. The lowest BCUT2D eigenvalue weighted by atomic mass is 10.2. The highest BCUT2D eigenvalue weighted by atomic mass is 16.2. The van der Waals surface area contributed by atoms with Gasteiger partial charge in [0.05, 0.1) is 11.9 Å². The summed E-state index contributed by atoms with van der Waals surface area (Å²) in [5, 5.41) is 8.71. The molecule has 1 heterocycles. The van der Waals surface area contributed by atoms with E-state index in [0.717, 1.165) is 17.1 Å². The molecule has 0 aliphatic rings. The fourth-order valence-corrected chi connectivity index (χ4v) is 2.36. The lowest BCUT2D eigenvalue weighted by Gasteiger charge is -2.09. The van der Waals surface area contributed by atoms with Gasteiger partial charge in [0.2, 0.25) is 5.91 Å². The van der Waals surface area contributed by atoms with Crippen LogP contribution in [0, 0.1) is 0 Å². The zero-order valence-corrected chi connectivity index (χ0v) is 14.2. The standard InChI is InChI=1S/C20H18N4O2/c1-14(25)22-16-8-5-9-17(12-16)23-18-10-11-19(21-13-18)20(26)24-15-6-3-2-4-7-15/h2-13,23H,1H3,(H,22,25)(H,24,26). The lowest BCUT2D eigenvalue weighted by Crippen LogP contribution is -2.13. The predicted molar refractivity (Wildman–Crippen MR) is 103 cm³/mol. The van der Waals surface area contributed by atoms with Gasteiger partial charge in [-0.25, -0.2) is 4.98 Å². The van der Waals surface area contributed by atoms with E-state index in [-0.39, 0.29) is 11.8 Å². The Morgan fingerprint density at radius 2 is 1.50 bits per heavy atom. The Morgan fingerprint density at radius 1 is 0.769 bits per heavy atom. The van der Waals surface area contributed by atoms with E-state index in [9.17, 15) is 9.59 Å². The summed E-state index contributed by atoms with van der Waals surface area (Å²) in [4.78, 5) is 27.5. The van der Waals surface area contributed by atoms with Crippen molar-refractivity contribution in [1.29, 1.82) is 0 Å². The molecule has 3 rings (SSSR count). The number of carbonyl (C=O) groups is 2. The van der Waals surface area contributed by atoms with Crippen molar-refractivity contribution in [2.24, 2.45) is 0 Å². The van der Waals surface area contributed by atoms with Gasteiger partial charge in [0.15, 0.2) is 0 Å². The van der Waals surface area contributed by atoms with Crippen molar-refractivity contribution in [2.45, 2.75) is 6.92 Å². The Bertz CT molecular complexity index is 909. The van der Waals surface area contributed by atoms with Crippen LogP contribution >= 0.6 is 0 Å². The van der Waals surface area contributed by atoms with E-state index in [0.29, 0.717) is 11.4 Å². The molecule has 0 aliphatic carbocycles. The molecule has 0 aliphatic heterocycles. The van der Waals surface area contributed by atoms with E-state index in [1.54, 1.807) is 18.3 Å². The highest BCUT2D eigenvalue weighted by molar-refractivity contribution is 6.02. The van der Waals surface area contributed by atoms with Crippen molar-refractivity contribution >= 4 is 34.6 Å². The van der Waals surface area contributed by atoms with Crippen LogP contribution < -0.4 is 16.0 Å². The second-order valence-electron chi connectivity index (χ2n) is 5.64. The van der Waals surface area contributed by atoms with Crippen LogP contribution in [0.5, 0.6) is 0 Å². The second-order valence-corrected chi connectivity index (χ2v) is 5.64. The summed E-state index contributed by atoms with van der Waals surface area (Å²) in [5.74, 6) is -0.395. The number of amides is 2. The number of nitrogens with one attached hydrogen (secondary N) is 3. The molecule has 0 bridgehead atoms. The first-order chi connectivity index (χ1) is 12.6. The van der Waals surface area contributed by atoms with Crippen molar-refractivity contribution < 1.29 is 9.59 Å². The molecule has 1 aromatic heterocycles. The average Bonchev–Trinajstić information content (AvgIpc) is 2.63. The molecule has 2 amide bonds. The zero-order valence-electron chi connectivity index (χ0n) is 14.2. The fraction of sp³-hybridized carbons (Fsp3) is 0.0500. The SMILES string of the molecule is CC(=O)Nc1cccc(Nc2ccc(C(=O)Nc3ccccc3)nc2)c1. The summed E-state index contributed by atoms with van der Waals surface area (Å²) in [6.07, 6.45) is 1.59. The number of para-hydroxylation sites is 1. The van der Waals surface area contributed by atoms with Gasteiger partial charge in [-0.1, -0.05) is 24.3 Å². The molecule has 26 heavy (non-hydrogen) atoms. The molecule has 3 aromatic rings. The highest BCUT2D eigenvalue weighted by Crippen LogP contribution is 2.20. The van der Waals surface area contributed by atoms with Gasteiger partial charge in [-0.15, -0.1) is 0 Å². The minimum Gasteiger partial charge on any atom is -0.354 e. The molecule has 130 valence electrons. The van der Waals surface area contributed by atoms with Gasteiger partial charge in [-0.2, -0.15) is 0 Å². The molecule has 6 nitrogen and oxygen atoms in total. The number of nitrogens with zero attached hydrogens (tertiary/aromatic N) is 1. The number of hydrogen-bond donors (Lipinski definition) is 3. The molecule has 0 unspecified atom stereocenters. The van der Waals surface area contributed by atoms with Crippen molar-refractivity contribution in [3.63, 3.8) is 0 Å². The smallest absolute Gasteiger partial charge is 0.274 e. The van der Waals surface area contributed by atoms with Gasteiger partial charge in [0, 0.05) is 24.0 Å². The van der Waals surface area contributed by atoms with E-state index in [1.807, 2.05) is 54.6 Å². The Labute approximate surface area is 151 Å². The van der Waals surface area contributed by atoms with Crippen LogP contribution in [0.1, 0.15) is 17.4 Å². The van der Waals surface area contributed by atoms with Gasteiger partial charge in [-0.3, -0.25) is 9.59 Å². The number of benzene rings is 2. The molecule has 3 N–H and O–H groups in total. The number of rotatable bonds is 5. The summed E-state index contributed by atoms with van der Waals surface area (Å²) in [6, 6.07) is 20.0. The normalized spacial score (nSPS) is 10.0. The first kappa shape index (κ1) is 17.2. The molecule has 0 spiro atoms. The van der Waals surface area contributed by atoms with Gasteiger partial charge in [0.25, 0.3) is 5.91 Å². The van der Waals surface area contributed by atoms with E-state index < -0.39 is 0 Å². The van der Waals surface area contributed by atoms with Crippen molar-refractivity contribution in [3.8, 4) is 0 Å². The van der Waals surface area contributed by atoms with Crippen molar-refractivity contribution in [1.82, 2.24) is 4.98 Å². The maximum Gasteiger partial charge on any atom is 0.274 e. The molecule has 0 radical (unpaired) electrons. The molecule has 0 saturated heterocycles. The molecular formula is C20H18N4O2. The van der Waals surface area contributed by atoms with Gasteiger partial charge in [0.1, 0.15) is 5.69 Å². The molecule has 6 heteroatoms. The number of carbonyl (C=O) groups excluding carboxylic acids is 2. The van der Waals surface area contributed by atoms with E-state index in [1.165, 1.54) is 6.92 Å². The quantitative estimate of drug-likeness (QED) is 0.651. The number of anilines is 4. The lowest BCUT2D eigenvalue weighted by molar-refractivity contribution is -0.114. The molecule has 0 fully saturated rings. The summed E-state index contributed by atoms with van der Waals surface area (Å²) < 4.78 is 0. The Morgan fingerprint density at radius 3 is 2.19 bits per heavy atom. The second kappa shape index (κ2) is 7.94. The van der Waals surface area contributed by atoms with E-state index in [4.69, 9.17) is 0 Å². The Balaban J connectivity index is 1.66. The maximum atomic E-state index is 12.2. The van der Waals surface area contributed by atoms with Crippen LogP contribution in [0.15, 0.2) is 72.9 Å². The third kappa shape index (κ3) is 4.67. The number of pyridine rings is 1. The fourth-order valence-electron chi connectivity index (χ4n) is 2.36. The third-order valence-corrected chi connectivity index (χ3v) is 3.50. The highest BCUT2D eigenvalue weighted by Gasteiger charge is 2.07. The van der Waals surface area contributed by atoms with Gasteiger partial charge >= 0.3 is 0 Å². The molecule has 2 aromatic carbocycles. The average molecular weight is 346 g/mol. The van der Waals surface area contributed by atoms with Crippen molar-refractivity contribution in [2.75, 3.05) is 16.0 Å². The topological polar surface area (TPSA) is 83.1 Å². The first-order valence-corrected chi connectivity index (χ1v) is 8.07. The van der Waals surface area contributed by atoms with Gasteiger partial charge in [-0.05, 0) is 42.5 Å².